The Morgan fingerprint density at radius 3 is 2.52 bits per heavy atom. The molecule has 0 radical (unpaired) electrons. The number of carbonyl (C=O) groups excluding carboxylic acids is 1. The van der Waals surface area contributed by atoms with Crippen LogP contribution in [0.5, 0.6) is 5.75 Å². The summed E-state index contributed by atoms with van der Waals surface area (Å²) in [5.74, 6) is 1.000. The number of hydrogen-bond donors (Lipinski definition) is 1. The van der Waals surface area contributed by atoms with Crippen molar-refractivity contribution in [2.24, 2.45) is 0 Å². The maximum Gasteiger partial charge on any atom is 0.224 e. The highest BCUT2D eigenvalue weighted by atomic mass is 16.5. The minimum Gasteiger partial charge on any atom is -0.508 e. The van der Waals surface area contributed by atoms with Gasteiger partial charge in [0, 0.05) is 19.7 Å². The fraction of sp³-hybridized carbons (Fsp3) is 0.588. The summed E-state index contributed by atoms with van der Waals surface area (Å²) in [6.45, 7) is 4.97. The van der Waals surface area contributed by atoms with Crippen LogP contribution in [-0.2, 0) is 9.53 Å². The van der Waals surface area contributed by atoms with Crippen LogP contribution in [0, 0.1) is 0 Å². The Kier molecular flexibility index (Phi) is 6.05. The Hall–Kier alpha value is -1.55. The summed E-state index contributed by atoms with van der Waals surface area (Å²) >= 11 is 0. The van der Waals surface area contributed by atoms with Crippen LogP contribution in [-0.4, -0.2) is 42.2 Å². The van der Waals surface area contributed by atoms with E-state index in [1.54, 1.807) is 12.1 Å². The molecule has 1 aromatic rings. The molecule has 0 aliphatic carbocycles. The molecule has 0 aromatic heterocycles. The van der Waals surface area contributed by atoms with Gasteiger partial charge in [-0.05, 0) is 42.9 Å². The quantitative estimate of drug-likeness (QED) is 0.820. The molecule has 2 rings (SSSR count). The minimum atomic E-state index is 0.204. The zero-order chi connectivity index (χ0) is 15.1. The molecule has 0 bridgehead atoms. The van der Waals surface area contributed by atoms with Crippen molar-refractivity contribution in [3.63, 3.8) is 0 Å². The number of phenols is 1. The molecular weight excluding hydrogens is 266 g/mol. The van der Waals surface area contributed by atoms with Crippen molar-refractivity contribution in [1.82, 2.24) is 4.90 Å². The van der Waals surface area contributed by atoms with Crippen LogP contribution in [0.4, 0.5) is 0 Å². The summed E-state index contributed by atoms with van der Waals surface area (Å²) in [5.41, 5.74) is 1.26. The van der Waals surface area contributed by atoms with E-state index in [-0.39, 0.29) is 5.91 Å². The molecule has 1 heterocycles. The first-order valence-electron chi connectivity index (χ1n) is 7.85. The normalized spacial score (nSPS) is 16.1. The minimum absolute atomic E-state index is 0.204. The maximum absolute atomic E-state index is 12.1. The number of benzene rings is 1. The van der Waals surface area contributed by atoms with Gasteiger partial charge in [-0.25, -0.2) is 0 Å². The summed E-state index contributed by atoms with van der Waals surface area (Å²) in [7, 11) is 0. The van der Waals surface area contributed by atoms with Gasteiger partial charge in [0.25, 0.3) is 0 Å². The number of aromatic hydroxyl groups is 1. The number of rotatable bonds is 6. The summed E-state index contributed by atoms with van der Waals surface area (Å²) in [6.07, 6.45) is 3.47. The van der Waals surface area contributed by atoms with Crippen LogP contribution >= 0.6 is 0 Å². The smallest absolute Gasteiger partial charge is 0.224 e. The van der Waals surface area contributed by atoms with E-state index < -0.39 is 0 Å². The number of carbonyl (C=O) groups is 1. The molecule has 1 aliphatic heterocycles. The number of ether oxygens (including phenoxy) is 1. The molecule has 0 saturated carbocycles. The molecule has 0 spiro atoms. The second-order valence-corrected chi connectivity index (χ2v) is 5.61. The molecule has 1 saturated heterocycles. The Morgan fingerprint density at radius 2 is 1.90 bits per heavy atom. The Labute approximate surface area is 126 Å². The highest BCUT2D eigenvalue weighted by Gasteiger charge is 2.23. The van der Waals surface area contributed by atoms with Gasteiger partial charge in [0.1, 0.15) is 5.75 Å². The van der Waals surface area contributed by atoms with E-state index >= 15 is 0 Å². The summed E-state index contributed by atoms with van der Waals surface area (Å²) in [5, 5.41) is 9.33. The largest absolute Gasteiger partial charge is 0.508 e. The number of amides is 1. The van der Waals surface area contributed by atoms with Crippen molar-refractivity contribution < 1.29 is 14.6 Å². The fourth-order valence-electron chi connectivity index (χ4n) is 2.77. The average molecular weight is 291 g/mol. The van der Waals surface area contributed by atoms with Crippen LogP contribution in [0.15, 0.2) is 24.3 Å². The van der Waals surface area contributed by atoms with Gasteiger partial charge in [0.2, 0.25) is 5.91 Å². The molecule has 1 amide bonds. The first-order chi connectivity index (χ1) is 10.2. The van der Waals surface area contributed by atoms with Crippen molar-refractivity contribution in [3.8, 4) is 5.75 Å². The number of likely N-dealkylation sites (tertiary alicyclic amines) is 1. The van der Waals surface area contributed by atoms with Gasteiger partial charge in [0.05, 0.1) is 13.0 Å². The van der Waals surface area contributed by atoms with Crippen LogP contribution in [0.3, 0.4) is 0 Å². The topological polar surface area (TPSA) is 49.8 Å². The van der Waals surface area contributed by atoms with Gasteiger partial charge in [-0.15, -0.1) is 0 Å². The standard InChI is InChI=1S/C17H25NO3/c1-2-12-21-13-9-17(20)18-10-7-15(8-11-18)14-3-5-16(19)6-4-14/h3-6,15,19H,2,7-13H2,1H3. The van der Waals surface area contributed by atoms with Crippen molar-refractivity contribution in [2.45, 2.75) is 38.5 Å². The van der Waals surface area contributed by atoms with E-state index in [4.69, 9.17) is 4.74 Å². The molecule has 21 heavy (non-hydrogen) atoms. The third kappa shape index (κ3) is 4.74. The molecule has 116 valence electrons. The molecule has 0 atom stereocenters. The molecule has 1 N–H and O–H groups in total. The van der Waals surface area contributed by atoms with E-state index in [0.717, 1.165) is 39.0 Å². The van der Waals surface area contributed by atoms with Crippen LogP contribution < -0.4 is 0 Å². The Morgan fingerprint density at radius 1 is 1.24 bits per heavy atom. The molecule has 1 fully saturated rings. The van der Waals surface area contributed by atoms with Crippen molar-refractivity contribution >= 4 is 5.91 Å². The van der Waals surface area contributed by atoms with Crippen molar-refractivity contribution in [2.75, 3.05) is 26.3 Å². The summed E-state index contributed by atoms with van der Waals surface area (Å²) in [6, 6.07) is 7.43. The van der Waals surface area contributed by atoms with Gasteiger partial charge in [-0.2, -0.15) is 0 Å². The Bertz CT molecular complexity index is 436. The number of phenolic OH excluding ortho intramolecular Hbond substituents is 1. The highest BCUT2D eigenvalue weighted by Crippen LogP contribution is 2.29. The molecule has 1 aromatic carbocycles. The molecule has 4 heteroatoms. The molecule has 0 unspecified atom stereocenters. The molecular formula is C17H25NO3. The third-order valence-electron chi connectivity index (χ3n) is 4.02. The highest BCUT2D eigenvalue weighted by molar-refractivity contribution is 5.76. The lowest BCUT2D eigenvalue weighted by Crippen LogP contribution is -2.38. The second-order valence-electron chi connectivity index (χ2n) is 5.61. The lowest BCUT2D eigenvalue weighted by molar-refractivity contribution is -0.133. The van der Waals surface area contributed by atoms with Gasteiger partial charge in [-0.1, -0.05) is 19.1 Å². The Balaban J connectivity index is 1.75. The predicted octanol–water partition coefficient (Wildman–Crippen LogP) is 2.91. The first-order valence-corrected chi connectivity index (χ1v) is 7.85. The van der Waals surface area contributed by atoms with E-state index in [1.165, 1.54) is 5.56 Å². The lowest BCUT2D eigenvalue weighted by Gasteiger charge is -2.32. The molecule has 4 nitrogen and oxygen atoms in total. The number of nitrogens with zero attached hydrogens (tertiary/aromatic N) is 1. The van der Waals surface area contributed by atoms with Crippen molar-refractivity contribution in [3.05, 3.63) is 29.8 Å². The SMILES string of the molecule is CCCOCCC(=O)N1CCC(c2ccc(O)cc2)CC1. The fourth-order valence-corrected chi connectivity index (χ4v) is 2.77. The second kappa shape index (κ2) is 8.03. The first kappa shape index (κ1) is 15.8. The van der Waals surface area contributed by atoms with Crippen LogP contribution in [0.1, 0.15) is 44.1 Å². The maximum atomic E-state index is 12.1. The van der Waals surface area contributed by atoms with E-state index in [9.17, 15) is 9.90 Å². The summed E-state index contributed by atoms with van der Waals surface area (Å²) < 4.78 is 5.37. The monoisotopic (exact) mass is 291 g/mol. The third-order valence-corrected chi connectivity index (χ3v) is 4.02. The number of piperidine rings is 1. The van der Waals surface area contributed by atoms with Crippen LogP contribution in [0.25, 0.3) is 0 Å². The van der Waals surface area contributed by atoms with E-state index in [1.807, 2.05) is 17.0 Å². The predicted molar refractivity (Wildman–Crippen MR) is 82.4 cm³/mol. The van der Waals surface area contributed by atoms with Crippen molar-refractivity contribution in [1.29, 1.82) is 0 Å². The summed E-state index contributed by atoms with van der Waals surface area (Å²) in [4.78, 5) is 14.0. The van der Waals surface area contributed by atoms with Crippen LogP contribution in [0.2, 0.25) is 0 Å². The number of hydrogen-bond acceptors (Lipinski definition) is 3. The zero-order valence-corrected chi connectivity index (χ0v) is 12.8. The average Bonchev–Trinajstić information content (AvgIpc) is 2.52. The van der Waals surface area contributed by atoms with Gasteiger partial charge in [0.15, 0.2) is 0 Å². The van der Waals surface area contributed by atoms with Gasteiger partial charge in [-0.3, -0.25) is 4.79 Å². The molecule has 1 aliphatic rings. The van der Waals surface area contributed by atoms with E-state index in [0.29, 0.717) is 24.7 Å². The lowest BCUT2D eigenvalue weighted by atomic mass is 9.89. The van der Waals surface area contributed by atoms with E-state index in [2.05, 4.69) is 6.92 Å². The van der Waals surface area contributed by atoms with Gasteiger partial charge < -0.3 is 14.7 Å². The van der Waals surface area contributed by atoms with Gasteiger partial charge >= 0.3 is 0 Å². The zero-order valence-electron chi connectivity index (χ0n) is 12.8.